The highest BCUT2D eigenvalue weighted by molar-refractivity contribution is 5.97. The van der Waals surface area contributed by atoms with Crippen molar-refractivity contribution in [3.05, 3.63) is 23.9 Å². The molecular weight excluding hydrogens is 244 g/mol. The van der Waals surface area contributed by atoms with Gasteiger partial charge in [0.1, 0.15) is 11.9 Å². The van der Waals surface area contributed by atoms with E-state index >= 15 is 0 Å². The zero-order chi connectivity index (χ0) is 14.4. The minimum Gasteiger partial charge on any atom is -0.373 e. The monoisotopic (exact) mass is 264 g/mol. The van der Waals surface area contributed by atoms with Gasteiger partial charge in [0.25, 0.3) is 5.91 Å². The van der Waals surface area contributed by atoms with Crippen molar-refractivity contribution in [3.8, 4) is 0 Å². The Labute approximate surface area is 113 Å². The van der Waals surface area contributed by atoms with Crippen LogP contribution in [0.4, 0.5) is 5.82 Å². The van der Waals surface area contributed by atoms with Gasteiger partial charge in [-0.2, -0.15) is 0 Å². The molecule has 0 aromatic carbocycles. The van der Waals surface area contributed by atoms with Crippen LogP contribution in [0.1, 0.15) is 31.1 Å². The third-order valence-corrected chi connectivity index (χ3v) is 2.45. The molecular formula is C13H20N4O2. The van der Waals surface area contributed by atoms with Gasteiger partial charge in [0.15, 0.2) is 0 Å². The molecule has 1 unspecified atom stereocenters. The first kappa shape index (κ1) is 14.9. The fraction of sp³-hybridized carbons (Fsp3) is 0.462. The molecule has 19 heavy (non-hydrogen) atoms. The number of hydrogen-bond donors (Lipinski definition) is 3. The van der Waals surface area contributed by atoms with E-state index in [2.05, 4.69) is 20.9 Å². The molecule has 104 valence electrons. The Hall–Kier alpha value is -2.11. The number of anilines is 1. The molecule has 0 saturated carbocycles. The van der Waals surface area contributed by atoms with E-state index in [1.54, 1.807) is 26.1 Å². The average Bonchev–Trinajstić information content (AvgIpc) is 2.37. The van der Waals surface area contributed by atoms with Crippen LogP contribution < -0.4 is 16.0 Å². The molecule has 6 heteroatoms. The number of nitrogens with one attached hydrogen (secondary N) is 3. The number of rotatable bonds is 5. The summed E-state index contributed by atoms with van der Waals surface area (Å²) in [5.41, 5.74) is 0.420. The Morgan fingerprint density at radius 3 is 2.32 bits per heavy atom. The van der Waals surface area contributed by atoms with Gasteiger partial charge in [-0.3, -0.25) is 9.59 Å². The predicted molar refractivity (Wildman–Crippen MR) is 74.0 cm³/mol. The maximum Gasteiger partial charge on any atom is 0.253 e. The zero-order valence-corrected chi connectivity index (χ0v) is 11.7. The topological polar surface area (TPSA) is 83.1 Å². The van der Waals surface area contributed by atoms with Crippen LogP contribution in [0.15, 0.2) is 18.3 Å². The van der Waals surface area contributed by atoms with Crippen LogP contribution in [-0.4, -0.2) is 35.9 Å². The molecule has 6 nitrogen and oxygen atoms in total. The average molecular weight is 264 g/mol. The lowest BCUT2D eigenvalue weighted by atomic mass is 10.2. The number of amides is 2. The van der Waals surface area contributed by atoms with Crippen LogP contribution in [0.25, 0.3) is 0 Å². The summed E-state index contributed by atoms with van der Waals surface area (Å²) in [5, 5.41) is 8.23. The Balaban J connectivity index is 2.60. The van der Waals surface area contributed by atoms with Crippen LogP contribution in [0.5, 0.6) is 0 Å². The molecule has 1 atom stereocenters. The minimum absolute atomic E-state index is 0.0448. The van der Waals surface area contributed by atoms with Crippen LogP contribution in [0.2, 0.25) is 0 Å². The second kappa shape index (κ2) is 6.72. The van der Waals surface area contributed by atoms with E-state index in [4.69, 9.17) is 0 Å². The van der Waals surface area contributed by atoms with Crippen molar-refractivity contribution < 1.29 is 9.59 Å². The molecule has 1 rings (SSSR count). The number of aromatic nitrogens is 1. The van der Waals surface area contributed by atoms with Crippen molar-refractivity contribution in [1.82, 2.24) is 15.6 Å². The summed E-state index contributed by atoms with van der Waals surface area (Å²) in [6.45, 7) is 5.38. The minimum atomic E-state index is -0.584. The van der Waals surface area contributed by atoms with E-state index in [0.29, 0.717) is 11.4 Å². The number of pyridine rings is 1. The zero-order valence-electron chi connectivity index (χ0n) is 11.7. The van der Waals surface area contributed by atoms with Gasteiger partial charge in [0.2, 0.25) is 5.91 Å². The Bertz CT molecular complexity index is 442. The first-order chi connectivity index (χ1) is 8.93. The lowest BCUT2D eigenvalue weighted by Gasteiger charge is -2.16. The van der Waals surface area contributed by atoms with Gasteiger partial charge < -0.3 is 16.0 Å². The van der Waals surface area contributed by atoms with Crippen molar-refractivity contribution in [2.24, 2.45) is 0 Å². The summed E-state index contributed by atoms with van der Waals surface area (Å²) in [5.74, 6) is 0.159. The first-order valence-electron chi connectivity index (χ1n) is 6.19. The maximum atomic E-state index is 11.9. The smallest absolute Gasteiger partial charge is 0.253 e. The molecule has 3 N–H and O–H groups in total. The molecule has 0 spiro atoms. The molecule has 0 bridgehead atoms. The lowest BCUT2D eigenvalue weighted by molar-refractivity contribution is -0.123. The summed E-state index contributed by atoms with van der Waals surface area (Å²) in [6.07, 6.45) is 1.47. The van der Waals surface area contributed by atoms with Gasteiger partial charge in [-0.25, -0.2) is 4.98 Å². The van der Waals surface area contributed by atoms with Crippen molar-refractivity contribution in [2.45, 2.75) is 32.9 Å². The molecule has 1 aromatic heterocycles. The summed E-state index contributed by atoms with van der Waals surface area (Å²) in [6, 6.07) is 2.82. The maximum absolute atomic E-state index is 11.9. The fourth-order valence-corrected chi connectivity index (χ4v) is 1.43. The Morgan fingerprint density at radius 1 is 1.16 bits per heavy atom. The number of carbonyl (C=O) groups excluding carboxylic acids is 2. The normalized spacial score (nSPS) is 11.8. The molecule has 0 aliphatic rings. The van der Waals surface area contributed by atoms with Gasteiger partial charge in [0.05, 0.1) is 5.56 Å². The largest absolute Gasteiger partial charge is 0.373 e. The molecule has 0 aliphatic carbocycles. The van der Waals surface area contributed by atoms with E-state index in [9.17, 15) is 9.59 Å². The number of nitrogens with zero attached hydrogens (tertiary/aromatic N) is 1. The molecule has 1 aromatic rings. The van der Waals surface area contributed by atoms with E-state index in [0.717, 1.165) is 0 Å². The van der Waals surface area contributed by atoms with Gasteiger partial charge in [0, 0.05) is 19.3 Å². The highest BCUT2D eigenvalue weighted by Gasteiger charge is 2.17. The third-order valence-electron chi connectivity index (χ3n) is 2.45. The van der Waals surface area contributed by atoms with Gasteiger partial charge >= 0.3 is 0 Å². The predicted octanol–water partition coefficient (Wildman–Crippen LogP) is 0.766. The summed E-state index contributed by atoms with van der Waals surface area (Å²) in [7, 11) is 1.75. The van der Waals surface area contributed by atoms with E-state index in [-0.39, 0.29) is 17.9 Å². The molecule has 1 heterocycles. The second-order valence-electron chi connectivity index (χ2n) is 4.54. The third kappa shape index (κ3) is 4.57. The second-order valence-corrected chi connectivity index (χ2v) is 4.54. The van der Waals surface area contributed by atoms with Crippen molar-refractivity contribution in [3.63, 3.8) is 0 Å². The van der Waals surface area contributed by atoms with Crippen LogP contribution in [-0.2, 0) is 4.79 Å². The summed E-state index contributed by atoms with van der Waals surface area (Å²) in [4.78, 5) is 27.6. The lowest BCUT2D eigenvalue weighted by Crippen LogP contribution is -2.46. The number of carbonyl (C=O) groups is 2. The highest BCUT2D eigenvalue weighted by atomic mass is 16.2. The quantitative estimate of drug-likeness (QED) is 0.733. The SMILES string of the molecule is CNc1ccc(C(=O)NC(C)C(=O)NC(C)C)cn1. The van der Waals surface area contributed by atoms with Crippen molar-refractivity contribution >= 4 is 17.6 Å². The molecule has 0 aliphatic heterocycles. The van der Waals surface area contributed by atoms with E-state index < -0.39 is 6.04 Å². The molecule has 0 saturated heterocycles. The van der Waals surface area contributed by atoms with Crippen molar-refractivity contribution in [1.29, 1.82) is 0 Å². The molecule has 2 amide bonds. The van der Waals surface area contributed by atoms with Crippen LogP contribution >= 0.6 is 0 Å². The molecule has 0 radical (unpaired) electrons. The Kier molecular flexibility index (Phi) is 5.29. The van der Waals surface area contributed by atoms with Crippen LogP contribution in [0, 0.1) is 0 Å². The Morgan fingerprint density at radius 2 is 1.84 bits per heavy atom. The fourth-order valence-electron chi connectivity index (χ4n) is 1.43. The van der Waals surface area contributed by atoms with Crippen LogP contribution in [0.3, 0.4) is 0 Å². The van der Waals surface area contributed by atoms with Crippen molar-refractivity contribution in [2.75, 3.05) is 12.4 Å². The van der Waals surface area contributed by atoms with Gasteiger partial charge in [-0.05, 0) is 32.9 Å². The van der Waals surface area contributed by atoms with Gasteiger partial charge in [-0.1, -0.05) is 0 Å². The number of hydrogen-bond acceptors (Lipinski definition) is 4. The standard InChI is InChI=1S/C13H20N4O2/c1-8(2)16-12(18)9(3)17-13(19)10-5-6-11(14-4)15-7-10/h5-9H,1-4H3,(H,14,15)(H,16,18)(H,17,19). The first-order valence-corrected chi connectivity index (χ1v) is 6.19. The van der Waals surface area contributed by atoms with E-state index in [1.807, 2.05) is 13.8 Å². The highest BCUT2D eigenvalue weighted by Crippen LogP contribution is 2.04. The summed E-state index contributed by atoms with van der Waals surface area (Å²) >= 11 is 0. The van der Waals surface area contributed by atoms with Gasteiger partial charge in [-0.15, -0.1) is 0 Å². The summed E-state index contributed by atoms with van der Waals surface area (Å²) < 4.78 is 0. The molecule has 0 fully saturated rings. The van der Waals surface area contributed by atoms with E-state index in [1.165, 1.54) is 6.20 Å².